The molecule has 0 spiro atoms. The van der Waals surface area contributed by atoms with Crippen molar-refractivity contribution in [1.82, 2.24) is 14.1 Å². The van der Waals surface area contributed by atoms with Crippen LogP contribution in [0, 0.1) is 6.92 Å². The number of carbonyl (C=O) groups is 3. The number of carboxylic acids is 1. The maximum absolute atomic E-state index is 12.6. The number of aryl methyl sites for hydroxylation is 2. The van der Waals surface area contributed by atoms with Crippen LogP contribution in [0.3, 0.4) is 0 Å². The summed E-state index contributed by atoms with van der Waals surface area (Å²) in [6.07, 6.45) is 5.12. The Labute approximate surface area is 216 Å². The van der Waals surface area contributed by atoms with Crippen molar-refractivity contribution < 1.29 is 24.6 Å². The number of aromatic carboxylic acids is 1. The van der Waals surface area contributed by atoms with E-state index >= 15 is 0 Å². The number of nitrogens with zero attached hydrogens (tertiary/aromatic N) is 3. The number of rotatable bonds is 5. The minimum Gasteiger partial charge on any atom is -0.507 e. The topological polar surface area (TPSA) is 138 Å². The first-order chi connectivity index (χ1) is 18.2. The lowest BCUT2D eigenvalue weighted by Gasteiger charge is -2.10. The average Bonchev–Trinajstić information content (AvgIpc) is 3.51. The van der Waals surface area contributed by atoms with Gasteiger partial charge in [-0.15, -0.1) is 0 Å². The Morgan fingerprint density at radius 2 is 1.63 bits per heavy atom. The molecule has 0 radical (unpaired) electrons. The third-order valence-electron chi connectivity index (χ3n) is 6.33. The van der Waals surface area contributed by atoms with E-state index in [1.807, 2.05) is 22.1 Å². The number of aromatic hydroxyl groups is 1. The van der Waals surface area contributed by atoms with E-state index < -0.39 is 17.8 Å². The lowest BCUT2D eigenvalue weighted by atomic mass is 10.0. The molecule has 5 rings (SSSR count). The molecule has 0 aliphatic rings. The van der Waals surface area contributed by atoms with Crippen molar-refractivity contribution in [2.75, 3.05) is 10.6 Å². The summed E-state index contributed by atoms with van der Waals surface area (Å²) in [5.41, 5.74) is 4.56. The minimum atomic E-state index is -1.22. The van der Waals surface area contributed by atoms with E-state index in [4.69, 9.17) is 0 Å². The van der Waals surface area contributed by atoms with E-state index in [9.17, 15) is 24.6 Å². The summed E-state index contributed by atoms with van der Waals surface area (Å²) in [6.45, 7) is 1.86. The van der Waals surface area contributed by atoms with Gasteiger partial charge < -0.3 is 30.0 Å². The van der Waals surface area contributed by atoms with Crippen molar-refractivity contribution in [2.45, 2.75) is 6.92 Å². The minimum absolute atomic E-state index is 0.179. The largest absolute Gasteiger partial charge is 0.507 e. The van der Waals surface area contributed by atoms with Crippen LogP contribution in [0.15, 0.2) is 79.4 Å². The van der Waals surface area contributed by atoms with Gasteiger partial charge in [0.2, 0.25) is 0 Å². The van der Waals surface area contributed by atoms with Gasteiger partial charge in [-0.2, -0.15) is 0 Å². The molecule has 0 saturated heterocycles. The van der Waals surface area contributed by atoms with Crippen molar-refractivity contribution in [2.24, 2.45) is 7.05 Å². The summed E-state index contributed by atoms with van der Waals surface area (Å²) in [7, 11) is 1.81. The number of benzene rings is 3. The molecule has 2 aromatic heterocycles. The van der Waals surface area contributed by atoms with Gasteiger partial charge >= 0.3 is 17.8 Å². The highest BCUT2D eigenvalue weighted by Gasteiger charge is 2.20. The second-order valence-electron chi connectivity index (χ2n) is 8.73. The normalized spacial score (nSPS) is 10.9. The van der Waals surface area contributed by atoms with E-state index in [0.29, 0.717) is 22.3 Å². The van der Waals surface area contributed by atoms with Gasteiger partial charge in [-0.05, 0) is 55.0 Å². The molecule has 10 heteroatoms. The Morgan fingerprint density at radius 3 is 2.29 bits per heavy atom. The van der Waals surface area contributed by atoms with Gasteiger partial charge in [0, 0.05) is 53.5 Å². The third kappa shape index (κ3) is 4.46. The molecular weight excluding hydrogens is 486 g/mol. The van der Waals surface area contributed by atoms with Crippen LogP contribution in [0.1, 0.15) is 15.9 Å². The first kappa shape index (κ1) is 24.3. The average molecular weight is 510 g/mol. The van der Waals surface area contributed by atoms with Gasteiger partial charge in [-0.1, -0.05) is 12.1 Å². The van der Waals surface area contributed by atoms with E-state index in [1.165, 1.54) is 12.1 Å². The quantitative estimate of drug-likeness (QED) is 0.260. The molecule has 4 N–H and O–H groups in total. The van der Waals surface area contributed by atoms with Crippen molar-refractivity contribution in [3.63, 3.8) is 0 Å². The molecule has 0 aliphatic carbocycles. The van der Waals surface area contributed by atoms with Crippen molar-refractivity contribution in [3.8, 4) is 22.7 Å². The van der Waals surface area contributed by atoms with E-state index in [2.05, 4.69) is 15.6 Å². The fourth-order valence-corrected chi connectivity index (χ4v) is 4.48. The van der Waals surface area contributed by atoms with Crippen LogP contribution in [0.5, 0.6) is 5.75 Å². The van der Waals surface area contributed by atoms with Crippen molar-refractivity contribution >= 4 is 40.1 Å². The van der Waals surface area contributed by atoms with Gasteiger partial charge in [0.05, 0.1) is 17.5 Å². The molecule has 0 atom stereocenters. The second kappa shape index (κ2) is 9.58. The van der Waals surface area contributed by atoms with Crippen molar-refractivity contribution in [3.05, 3.63) is 90.5 Å². The molecule has 0 bridgehead atoms. The van der Waals surface area contributed by atoms with Crippen LogP contribution in [0.25, 0.3) is 27.8 Å². The lowest BCUT2D eigenvalue weighted by molar-refractivity contribution is -0.132. The summed E-state index contributed by atoms with van der Waals surface area (Å²) < 4.78 is 3.66. The van der Waals surface area contributed by atoms with E-state index in [-0.39, 0.29) is 11.3 Å². The summed E-state index contributed by atoms with van der Waals surface area (Å²) in [5, 5.41) is 25.4. The monoisotopic (exact) mass is 509 g/mol. The smallest absolute Gasteiger partial charge is 0.339 e. The van der Waals surface area contributed by atoms with Crippen LogP contribution in [-0.4, -0.2) is 42.1 Å². The number of anilines is 2. The highest BCUT2D eigenvalue weighted by molar-refractivity contribution is 6.43. The number of amides is 2. The summed E-state index contributed by atoms with van der Waals surface area (Å²) >= 11 is 0. The van der Waals surface area contributed by atoms with Gasteiger partial charge in [-0.25, -0.2) is 9.78 Å². The molecule has 190 valence electrons. The Balaban J connectivity index is 1.35. The Hall–Kier alpha value is -5.38. The zero-order valence-corrected chi connectivity index (χ0v) is 20.5. The van der Waals surface area contributed by atoms with Crippen LogP contribution in [-0.2, 0) is 16.6 Å². The van der Waals surface area contributed by atoms with Gasteiger partial charge in [0.15, 0.2) is 0 Å². The summed E-state index contributed by atoms with van der Waals surface area (Å²) in [6, 6.07) is 16.8. The van der Waals surface area contributed by atoms with Gasteiger partial charge in [0.1, 0.15) is 11.3 Å². The highest BCUT2D eigenvalue weighted by Crippen LogP contribution is 2.36. The molecule has 0 saturated carbocycles. The highest BCUT2D eigenvalue weighted by atomic mass is 16.4. The lowest BCUT2D eigenvalue weighted by Crippen LogP contribution is -2.29. The Bertz CT molecular complexity index is 1700. The fraction of sp³-hybridized carbons (Fsp3) is 0.0714. The molecule has 38 heavy (non-hydrogen) atoms. The molecule has 10 nitrogen and oxygen atoms in total. The molecular formula is C28H23N5O5. The summed E-state index contributed by atoms with van der Waals surface area (Å²) in [4.78, 5) is 40.6. The molecule has 3 aromatic carbocycles. The van der Waals surface area contributed by atoms with Gasteiger partial charge in [-0.3, -0.25) is 9.59 Å². The first-order valence-electron chi connectivity index (χ1n) is 11.6. The zero-order chi connectivity index (χ0) is 27.0. The second-order valence-corrected chi connectivity index (χ2v) is 8.73. The predicted octanol–water partition coefficient (Wildman–Crippen LogP) is 4.32. The number of fused-ring (bicyclic) bond motifs is 1. The number of imidazole rings is 1. The number of hydrogen-bond donors (Lipinski definition) is 4. The maximum Gasteiger partial charge on any atom is 0.339 e. The Morgan fingerprint density at radius 1 is 0.921 bits per heavy atom. The Kier molecular flexibility index (Phi) is 6.13. The molecule has 5 aromatic rings. The van der Waals surface area contributed by atoms with E-state index in [0.717, 1.165) is 22.5 Å². The fourth-order valence-electron chi connectivity index (χ4n) is 4.48. The van der Waals surface area contributed by atoms with E-state index in [1.54, 1.807) is 68.2 Å². The van der Waals surface area contributed by atoms with Crippen molar-refractivity contribution in [1.29, 1.82) is 0 Å². The molecule has 0 aliphatic heterocycles. The number of phenols is 1. The van der Waals surface area contributed by atoms with Gasteiger partial charge in [0.25, 0.3) is 0 Å². The summed E-state index contributed by atoms with van der Waals surface area (Å²) in [5.74, 6) is -3.18. The van der Waals surface area contributed by atoms with Crippen LogP contribution in [0.2, 0.25) is 0 Å². The molecule has 0 unspecified atom stereocenters. The van der Waals surface area contributed by atoms with Crippen LogP contribution in [0.4, 0.5) is 11.4 Å². The first-order valence-corrected chi connectivity index (χ1v) is 11.6. The SMILES string of the molecule is Cc1c(-c2cccc(NC(=O)C(=O)Nc3ccc(-n4ccnc4)cc3)c2)n(C)c2cc(O)c(C(=O)O)cc12. The number of hydrogen-bond acceptors (Lipinski definition) is 5. The molecule has 0 fully saturated rings. The molecule has 2 heterocycles. The standard InChI is InChI=1S/C28H23N5O5/c1-16-21-13-22(28(37)38)24(34)14-23(21)32(2)25(16)17-4-3-5-19(12-17)31-27(36)26(35)30-18-6-8-20(9-7-18)33-11-10-29-15-33/h3-15,34H,1-2H3,(H,30,35)(H,31,36)(H,37,38). The third-order valence-corrected chi connectivity index (χ3v) is 6.33. The zero-order valence-electron chi connectivity index (χ0n) is 20.5. The number of nitrogens with one attached hydrogen (secondary N) is 2. The maximum atomic E-state index is 12.6. The predicted molar refractivity (Wildman–Crippen MR) is 143 cm³/mol. The number of carbonyl (C=O) groups excluding carboxylic acids is 2. The number of aromatic nitrogens is 3. The van der Waals surface area contributed by atoms with Crippen LogP contribution < -0.4 is 10.6 Å². The van der Waals surface area contributed by atoms with Crippen LogP contribution >= 0.6 is 0 Å². The number of carboxylic acid groups (broad SMARTS) is 1. The molecule has 2 amide bonds.